The fourth-order valence-corrected chi connectivity index (χ4v) is 3.82. The van der Waals surface area contributed by atoms with Gasteiger partial charge in [0.15, 0.2) is 5.69 Å². The second kappa shape index (κ2) is 8.81. The van der Waals surface area contributed by atoms with Crippen molar-refractivity contribution in [3.63, 3.8) is 0 Å². The van der Waals surface area contributed by atoms with Gasteiger partial charge in [-0.1, -0.05) is 18.0 Å². The van der Waals surface area contributed by atoms with E-state index in [-0.39, 0.29) is 11.6 Å². The Bertz CT molecular complexity index is 591. The van der Waals surface area contributed by atoms with E-state index in [1.807, 2.05) is 0 Å². The van der Waals surface area contributed by atoms with Crippen LogP contribution >= 0.6 is 11.6 Å². The average molecular weight is 366 g/mol. The number of nitrogens with one attached hydrogen (secondary N) is 1. The molecule has 0 radical (unpaired) electrons. The Balaban J connectivity index is 1.49. The number of carbonyl (C=O) groups is 1. The monoisotopic (exact) mass is 365 g/mol. The molecule has 1 N–H and O–H groups in total. The molecule has 7 heteroatoms. The topological polar surface area (TPSA) is 61.4 Å². The van der Waals surface area contributed by atoms with Gasteiger partial charge < -0.3 is 15.1 Å². The Morgan fingerprint density at radius 1 is 1.28 bits per heavy atom. The van der Waals surface area contributed by atoms with Gasteiger partial charge in [-0.2, -0.15) is 0 Å². The van der Waals surface area contributed by atoms with E-state index in [1.54, 1.807) is 0 Å². The van der Waals surface area contributed by atoms with E-state index in [9.17, 15) is 4.79 Å². The van der Waals surface area contributed by atoms with Gasteiger partial charge in [-0.05, 0) is 45.6 Å². The summed E-state index contributed by atoms with van der Waals surface area (Å²) in [5, 5.41) is 3.26. The molecule has 1 aromatic rings. The number of carbonyl (C=O) groups excluding carboxylic acids is 1. The molecule has 2 fully saturated rings. The molecule has 1 atom stereocenters. The highest BCUT2D eigenvalue weighted by Gasteiger charge is 2.20. The molecule has 2 aliphatic rings. The number of likely N-dealkylation sites (tertiary alicyclic amines) is 1. The maximum atomic E-state index is 12.4. The summed E-state index contributed by atoms with van der Waals surface area (Å²) >= 11 is 6.14. The van der Waals surface area contributed by atoms with E-state index < -0.39 is 0 Å². The lowest BCUT2D eigenvalue weighted by Gasteiger charge is -2.33. The van der Waals surface area contributed by atoms with Crippen LogP contribution in [0.5, 0.6) is 0 Å². The van der Waals surface area contributed by atoms with Gasteiger partial charge in [0.05, 0.1) is 11.2 Å². The normalized spacial score (nSPS) is 21.5. The molecular weight excluding hydrogens is 338 g/mol. The summed E-state index contributed by atoms with van der Waals surface area (Å²) in [6, 6.07) is 0.656. The highest BCUT2D eigenvalue weighted by atomic mass is 35.5. The molecule has 138 valence electrons. The SMILES string of the molecule is C[C@H]1CCCCN1CCCNC(=O)c1nc(N2CCCC2)ncc1Cl. The minimum Gasteiger partial charge on any atom is -0.351 e. The molecule has 0 aromatic carbocycles. The van der Waals surface area contributed by atoms with Crippen LogP contribution in [0.4, 0.5) is 5.95 Å². The Kier molecular flexibility index (Phi) is 6.48. The van der Waals surface area contributed by atoms with Crippen LogP contribution in [0.1, 0.15) is 55.9 Å². The highest BCUT2D eigenvalue weighted by Crippen LogP contribution is 2.20. The van der Waals surface area contributed by atoms with Crippen LogP contribution in [0.2, 0.25) is 5.02 Å². The summed E-state index contributed by atoms with van der Waals surface area (Å²) < 4.78 is 0. The van der Waals surface area contributed by atoms with Crippen molar-refractivity contribution in [2.45, 2.75) is 51.5 Å². The summed E-state index contributed by atoms with van der Waals surface area (Å²) in [4.78, 5) is 25.7. The Hall–Kier alpha value is -1.40. The zero-order valence-corrected chi connectivity index (χ0v) is 15.8. The van der Waals surface area contributed by atoms with Crippen LogP contribution < -0.4 is 10.2 Å². The van der Waals surface area contributed by atoms with Crippen LogP contribution in [0.15, 0.2) is 6.20 Å². The first kappa shape index (κ1) is 18.4. The van der Waals surface area contributed by atoms with Crippen LogP contribution in [0.25, 0.3) is 0 Å². The zero-order chi connectivity index (χ0) is 17.6. The van der Waals surface area contributed by atoms with Gasteiger partial charge in [-0.3, -0.25) is 4.79 Å². The van der Waals surface area contributed by atoms with Gasteiger partial charge in [0.1, 0.15) is 0 Å². The van der Waals surface area contributed by atoms with Crippen LogP contribution in [-0.4, -0.2) is 59.5 Å². The van der Waals surface area contributed by atoms with E-state index in [2.05, 4.69) is 32.0 Å². The third-order valence-corrected chi connectivity index (χ3v) is 5.46. The fourth-order valence-electron chi connectivity index (χ4n) is 3.64. The van der Waals surface area contributed by atoms with Crippen molar-refractivity contribution in [1.29, 1.82) is 0 Å². The Labute approximate surface area is 155 Å². The maximum Gasteiger partial charge on any atom is 0.271 e. The van der Waals surface area contributed by atoms with Gasteiger partial charge in [-0.25, -0.2) is 9.97 Å². The number of rotatable bonds is 6. The van der Waals surface area contributed by atoms with Gasteiger partial charge in [-0.15, -0.1) is 0 Å². The van der Waals surface area contributed by atoms with Gasteiger partial charge in [0, 0.05) is 32.2 Å². The van der Waals surface area contributed by atoms with Gasteiger partial charge in [0.2, 0.25) is 5.95 Å². The second-order valence-electron chi connectivity index (χ2n) is 7.05. The Morgan fingerprint density at radius 2 is 2.04 bits per heavy atom. The number of amides is 1. The smallest absolute Gasteiger partial charge is 0.271 e. The number of nitrogens with zero attached hydrogens (tertiary/aromatic N) is 4. The molecule has 0 spiro atoms. The molecule has 3 heterocycles. The standard InChI is InChI=1S/C18H28ClN5O/c1-14-7-2-3-9-23(14)12-6-8-20-17(25)16-15(19)13-21-18(22-16)24-10-4-5-11-24/h13-14H,2-12H2,1H3,(H,20,25)/t14-/m0/s1. The van der Waals surface area contributed by atoms with E-state index in [1.165, 1.54) is 32.0 Å². The lowest BCUT2D eigenvalue weighted by molar-refractivity contribution is 0.0944. The number of hydrogen-bond donors (Lipinski definition) is 1. The quantitative estimate of drug-likeness (QED) is 0.785. The molecule has 0 unspecified atom stereocenters. The van der Waals surface area contributed by atoms with Crippen LogP contribution in [-0.2, 0) is 0 Å². The molecule has 1 aromatic heterocycles. The minimum absolute atomic E-state index is 0.209. The first-order valence-electron chi connectivity index (χ1n) is 9.45. The number of aromatic nitrogens is 2. The maximum absolute atomic E-state index is 12.4. The van der Waals surface area contributed by atoms with Crippen molar-refractivity contribution in [2.24, 2.45) is 0 Å². The van der Waals surface area contributed by atoms with E-state index >= 15 is 0 Å². The largest absolute Gasteiger partial charge is 0.351 e. The van der Waals surface area contributed by atoms with E-state index in [4.69, 9.17) is 11.6 Å². The molecule has 0 aliphatic carbocycles. The lowest BCUT2D eigenvalue weighted by atomic mass is 10.0. The Morgan fingerprint density at radius 3 is 2.80 bits per heavy atom. The van der Waals surface area contributed by atoms with Crippen LogP contribution in [0, 0.1) is 0 Å². The van der Waals surface area contributed by atoms with E-state index in [0.717, 1.165) is 38.9 Å². The first-order valence-corrected chi connectivity index (χ1v) is 9.82. The third-order valence-electron chi connectivity index (χ3n) is 5.18. The summed E-state index contributed by atoms with van der Waals surface area (Å²) in [5.74, 6) is 0.397. The van der Waals surface area contributed by atoms with Crippen molar-refractivity contribution in [2.75, 3.05) is 37.6 Å². The summed E-state index contributed by atoms with van der Waals surface area (Å²) in [6.45, 7) is 7.01. The fraction of sp³-hybridized carbons (Fsp3) is 0.722. The number of halogens is 1. The molecular formula is C18H28ClN5O. The minimum atomic E-state index is -0.209. The molecule has 3 rings (SSSR count). The summed E-state index contributed by atoms with van der Waals surface area (Å²) in [5.41, 5.74) is 0.282. The van der Waals surface area contributed by atoms with Crippen LogP contribution in [0.3, 0.4) is 0 Å². The lowest BCUT2D eigenvalue weighted by Crippen LogP contribution is -2.39. The van der Waals surface area contributed by atoms with Gasteiger partial charge in [0.25, 0.3) is 5.91 Å². The molecule has 0 saturated carbocycles. The molecule has 6 nitrogen and oxygen atoms in total. The van der Waals surface area contributed by atoms with Crippen molar-refractivity contribution < 1.29 is 4.79 Å². The van der Waals surface area contributed by atoms with E-state index in [0.29, 0.717) is 23.6 Å². The third kappa shape index (κ3) is 4.82. The summed E-state index contributed by atoms with van der Waals surface area (Å²) in [7, 11) is 0. The number of anilines is 1. The summed E-state index contributed by atoms with van der Waals surface area (Å²) in [6.07, 6.45) is 8.66. The predicted molar refractivity (Wildman–Crippen MR) is 100 cm³/mol. The molecule has 25 heavy (non-hydrogen) atoms. The van der Waals surface area contributed by atoms with Crippen molar-refractivity contribution in [1.82, 2.24) is 20.2 Å². The predicted octanol–water partition coefficient (Wildman–Crippen LogP) is 2.72. The molecule has 1 amide bonds. The van der Waals surface area contributed by atoms with Crippen molar-refractivity contribution in [3.05, 3.63) is 16.9 Å². The molecule has 2 saturated heterocycles. The number of hydrogen-bond acceptors (Lipinski definition) is 5. The molecule has 2 aliphatic heterocycles. The average Bonchev–Trinajstić information content (AvgIpc) is 3.15. The first-order chi connectivity index (χ1) is 12.1. The number of piperidine rings is 1. The van der Waals surface area contributed by atoms with Gasteiger partial charge >= 0.3 is 0 Å². The van der Waals surface area contributed by atoms with Crippen molar-refractivity contribution in [3.8, 4) is 0 Å². The molecule has 0 bridgehead atoms. The van der Waals surface area contributed by atoms with Crippen molar-refractivity contribution >= 4 is 23.5 Å². The second-order valence-corrected chi connectivity index (χ2v) is 7.46. The highest BCUT2D eigenvalue weighted by molar-refractivity contribution is 6.33. The zero-order valence-electron chi connectivity index (χ0n) is 15.0.